The van der Waals surface area contributed by atoms with Crippen LogP contribution in [0.4, 0.5) is 15.8 Å². The molecule has 0 radical (unpaired) electrons. The Hall–Kier alpha value is -2.54. The molecule has 0 aliphatic heterocycles. The zero-order chi connectivity index (χ0) is 15.5. The highest BCUT2D eigenvalue weighted by Crippen LogP contribution is 2.28. The average molecular weight is 306 g/mol. The molecule has 1 N–H and O–H groups in total. The number of benzene rings is 2. The zero-order valence-electron chi connectivity index (χ0n) is 10.8. The van der Waals surface area contributed by atoms with E-state index in [9.17, 15) is 17.9 Å². The van der Waals surface area contributed by atoms with Gasteiger partial charge in [-0.05, 0) is 36.4 Å². The van der Waals surface area contributed by atoms with Crippen LogP contribution >= 0.6 is 0 Å². The Morgan fingerprint density at radius 1 is 1.10 bits per heavy atom. The molecule has 2 rings (SSSR count). The molecule has 0 aliphatic carbocycles. The number of hydrogen-bond donors (Lipinski definition) is 1. The summed E-state index contributed by atoms with van der Waals surface area (Å²) in [6.45, 7) is 3.23. The first-order chi connectivity index (χ1) is 9.92. The fourth-order valence-electron chi connectivity index (χ4n) is 1.49. The first-order valence-corrected chi connectivity index (χ1v) is 7.35. The number of phenolic OH excluding ortho intramolecular Hbond substituents is 1. The molecule has 108 valence electrons. The predicted molar refractivity (Wildman–Crippen MR) is 76.1 cm³/mol. The third-order valence-electron chi connectivity index (χ3n) is 2.60. The smallest absolute Gasteiger partial charge is 0.199 e. The minimum absolute atomic E-state index is 0.0159. The van der Waals surface area contributed by atoms with Crippen LogP contribution in [-0.2, 0) is 9.84 Å². The van der Waals surface area contributed by atoms with Gasteiger partial charge in [0.2, 0.25) is 0 Å². The Balaban J connectivity index is 2.26. The second-order valence-electron chi connectivity index (χ2n) is 4.04. The molecule has 0 bridgehead atoms. The second kappa shape index (κ2) is 5.84. The number of hydrogen-bond acceptors (Lipinski definition) is 5. The second-order valence-corrected chi connectivity index (χ2v) is 5.93. The minimum Gasteiger partial charge on any atom is -0.506 e. The van der Waals surface area contributed by atoms with E-state index in [-0.39, 0.29) is 16.3 Å². The summed E-state index contributed by atoms with van der Waals surface area (Å²) in [7, 11) is -3.49. The van der Waals surface area contributed by atoms with E-state index in [2.05, 4.69) is 16.8 Å². The number of azo groups is 1. The highest BCUT2D eigenvalue weighted by Gasteiger charge is 2.08. The maximum Gasteiger partial charge on any atom is 0.199 e. The van der Waals surface area contributed by atoms with Crippen LogP contribution in [0.25, 0.3) is 0 Å². The molecule has 0 unspecified atom stereocenters. The molecule has 0 heterocycles. The van der Waals surface area contributed by atoms with E-state index in [0.29, 0.717) is 5.69 Å². The molecule has 0 saturated heterocycles. The van der Waals surface area contributed by atoms with Crippen molar-refractivity contribution < 1.29 is 17.9 Å². The number of halogens is 1. The summed E-state index contributed by atoms with van der Waals surface area (Å²) in [5.41, 5.74) is 0.347. The van der Waals surface area contributed by atoms with Gasteiger partial charge < -0.3 is 5.11 Å². The van der Waals surface area contributed by atoms with Crippen LogP contribution < -0.4 is 0 Å². The molecule has 0 amide bonds. The van der Waals surface area contributed by atoms with E-state index >= 15 is 0 Å². The number of sulfone groups is 1. The van der Waals surface area contributed by atoms with Gasteiger partial charge in [0.05, 0.1) is 10.6 Å². The van der Waals surface area contributed by atoms with Gasteiger partial charge in [-0.2, -0.15) is 5.11 Å². The number of nitrogens with zero attached hydrogens (tertiary/aromatic N) is 2. The minimum atomic E-state index is -3.49. The number of aromatic hydroxyl groups is 1. The monoisotopic (exact) mass is 306 g/mol. The number of rotatable bonds is 4. The topological polar surface area (TPSA) is 79.1 Å². The van der Waals surface area contributed by atoms with Crippen molar-refractivity contribution in [2.24, 2.45) is 10.2 Å². The SMILES string of the molecule is C=CS(=O)(=O)c1ccc(N=Nc2cc(F)ccc2O)cc1. The molecule has 0 saturated carbocycles. The predicted octanol–water partition coefficient (Wildman–Crippen LogP) is 3.86. The zero-order valence-corrected chi connectivity index (χ0v) is 11.6. The molecule has 5 nitrogen and oxygen atoms in total. The lowest BCUT2D eigenvalue weighted by Gasteiger charge is -1.99. The largest absolute Gasteiger partial charge is 0.506 e. The fourth-order valence-corrected chi connectivity index (χ4v) is 2.19. The highest BCUT2D eigenvalue weighted by atomic mass is 32.2. The van der Waals surface area contributed by atoms with Crippen LogP contribution in [-0.4, -0.2) is 13.5 Å². The molecule has 0 atom stereocenters. The van der Waals surface area contributed by atoms with Gasteiger partial charge in [-0.15, -0.1) is 5.11 Å². The Morgan fingerprint density at radius 3 is 2.38 bits per heavy atom. The van der Waals surface area contributed by atoms with E-state index in [1.54, 1.807) is 0 Å². The Morgan fingerprint density at radius 2 is 1.76 bits per heavy atom. The molecule has 0 aliphatic rings. The molecule has 0 fully saturated rings. The Bertz CT molecular complexity index is 799. The first-order valence-electron chi connectivity index (χ1n) is 5.80. The quantitative estimate of drug-likeness (QED) is 0.871. The average Bonchev–Trinajstić information content (AvgIpc) is 2.48. The van der Waals surface area contributed by atoms with Gasteiger partial charge in [0, 0.05) is 11.5 Å². The molecular weight excluding hydrogens is 295 g/mol. The van der Waals surface area contributed by atoms with Crippen molar-refractivity contribution in [3.63, 3.8) is 0 Å². The lowest BCUT2D eigenvalue weighted by atomic mass is 10.3. The van der Waals surface area contributed by atoms with E-state index in [1.165, 1.54) is 30.3 Å². The maximum absolute atomic E-state index is 13.0. The summed E-state index contributed by atoms with van der Waals surface area (Å²) in [6, 6.07) is 8.90. The van der Waals surface area contributed by atoms with Crippen molar-refractivity contribution in [1.29, 1.82) is 0 Å². The standard InChI is InChI=1S/C14H11FN2O3S/c1-2-21(19,20)12-6-4-11(5-7-12)16-17-13-9-10(15)3-8-14(13)18/h2-9,18H,1H2. The van der Waals surface area contributed by atoms with Crippen molar-refractivity contribution in [2.45, 2.75) is 4.90 Å². The molecule has 21 heavy (non-hydrogen) atoms. The van der Waals surface area contributed by atoms with E-state index in [0.717, 1.165) is 17.5 Å². The highest BCUT2D eigenvalue weighted by molar-refractivity contribution is 7.94. The van der Waals surface area contributed by atoms with Crippen LogP contribution in [0.5, 0.6) is 5.75 Å². The summed E-state index contributed by atoms with van der Waals surface area (Å²) >= 11 is 0. The van der Waals surface area contributed by atoms with E-state index in [1.807, 2.05) is 0 Å². The van der Waals surface area contributed by atoms with Gasteiger partial charge in [0.1, 0.15) is 17.3 Å². The van der Waals surface area contributed by atoms with Gasteiger partial charge in [-0.1, -0.05) is 6.58 Å². The third kappa shape index (κ3) is 3.51. The number of phenols is 1. The summed E-state index contributed by atoms with van der Waals surface area (Å²) in [5, 5.41) is 17.9. The Kier molecular flexibility index (Phi) is 4.13. The molecule has 2 aromatic carbocycles. The van der Waals surface area contributed by atoms with E-state index in [4.69, 9.17) is 0 Å². The summed E-state index contributed by atoms with van der Waals surface area (Å²) < 4.78 is 36.1. The van der Waals surface area contributed by atoms with Crippen molar-refractivity contribution in [3.8, 4) is 5.75 Å². The van der Waals surface area contributed by atoms with Crippen molar-refractivity contribution in [2.75, 3.05) is 0 Å². The lowest BCUT2D eigenvalue weighted by molar-refractivity contribution is 0.474. The van der Waals surface area contributed by atoms with Crippen LogP contribution in [0, 0.1) is 5.82 Å². The molecular formula is C14H11FN2O3S. The third-order valence-corrected chi connectivity index (χ3v) is 3.96. The van der Waals surface area contributed by atoms with Gasteiger partial charge in [-0.25, -0.2) is 12.8 Å². The van der Waals surface area contributed by atoms with Gasteiger partial charge in [0.15, 0.2) is 9.84 Å². The van der Waals surface area contributed by atoms with Crippen LogP contribution in [0.2, 0.25) is 0 Å². The van der Waals surface area contributed by atoms with Crippen molar-refractivity contribution in [3.05, 3.63) is 60.3 Å². The Labute approximate surface area is 121 Å². The normalized spacial score (nSPS) is 11.7. The van der Waals surface area contributed by atoms with Crippen molar-refractivity contribution in [1.82, 2.24) is 0 Å². The van der Waals surface area contributed by atoms with Crippen molar-refractivity contribution >= 4 is 21.2 Å². The molecule has 0 aromatic heterocycles. The first kappa shape index (κ1) is 14.9. The van der Waals surface area contributed by atoms with E-state index < -0.39 is 15.7 Å². The fraction of sp³-hybridized carbons (Fsp3) is 0. The summed E-state index contributed by atoms with van der Waals surface area (Å²) in [5.74, 6) is -0.750. The van der Waals surface area contributed by atoms with Crippen LogP contribution in [0.3, 0.4) is 0 Å². The summed E-state index contributed by atoms with van der Waals surface area (Å²) in [4.78, 5) is 0.0880. The maximum atomic E-state index is 13.0. The molecule has 0 spiro atoms. The molecule has 7 heteroatoms. The van der Waals surface area contributed by atoms with Gasteiger partial charge >= 0.3 is 0 Å². The lowest BCUT2D eigenvalue weighted by Crippen LogP contribution is -1.94. The molecule has 2 aromatic rings. The van der Waals surface area contributed by atoms with Gasteiger partial charge in [0.25, 0.3) is 0 Å². The summed E-state index contributed by atoms with van der Waals surface area (Å²) in [6.07, 6.45) is 0. The van der Waals surface area contributed by atoms with Gasteiger partial charge in [-0.3, -0.25) is 0 Å². The van der Waals surface area contributed by atoms with Crippen LogP contribution in [0.1, 0.15) is 0 Å². The van der Waals surface area contributed by atoms with Crippen LogP contribution in [0.15, 0.2) is 69.6 Å².